The van der Waals surface area contributed by atoms with Crippen molar-refractivity contribution in [1.29, 1.82) is 0 Å². The van der Waals surface area contributed by atoms with Gasteiger partial charge in [0.1, 0.15) is 0 Å². The van der Waals surface area contributed by atoms with Crippen molar-refractivity contribution < 1.29 is 4.52 Å². The monoisotopic (exact) mass is 183 g/mol. The molecule has 0 saturated carbocycles. The fraction of sp³-hybridized carbons (Fsp3) is 0.125. The Morgan fingerprint density at radius 2 is 2.25 bits per heavy atom. The molecular formula is C8H6ClNO2. The van der Waals surface area contributed by atoms with Crippen molar-refractivity contribution in [2.45, 2.75) is 6.92 Å². The summed E-state index contributed by atoms with van der Waals surface area (Å²) >= 11 is 5.82. The van der Waals surface area contributed by atoms with E-state index in [-0.39, 0.29) is 5.56 Å². The van der Waals surface area contributed by atoms with Gasteiger partial charge in [-0.15, -0.1) is 0 Å². The van der Waals surface area contributed by atoms with Gasteiger partial charge in [-0.25, -0.2) is 0 Å². The van der Waals surface area contributed by atoms with Crippen molar-refractivity contribution in [1.82, 2.24) is 5.16 Å². The Bertz CT molecular complexity index is 483. The summed E-state index contributed by atoms with van der Waals surface area (Å²) in [6.07, 6.45) is 0. The molecule has 0 amide bonds. The first kappa shape index (κ1) is 7.43. The van der Waals surface area contributed by atoms with Crippen molar-refractivity contribution in [3.63, 3.8) is 0 Å². The second-order valence-corrected chi connectivity index (χ2v) is 3.04. The molecule has 0 fully saturated rings. The Morgan fingerprint density at radius 1 is 1.50 bits per heavy atom. The van der Waals surface area contributed by atoms with Crippen LogP contribution in [0.5, 0.6) is 0 Å². The summed E-state index contributed by atoms with van der Waals surface area (Å²) < 4.78 is 4.86. The van der Waals surface area contributed by atoms with Gasteiger partial charge in [0, 0.05) is 11.1 Å². The number of halogens is 1. The molecule has 12 heavy (non-hydrogen) atoms. The first-order chi connectivity index (χ1) is 5.68. The summed E-state index contributed by atoms with van der Waals surface area (Å²) in [5, 5.41) is 3.38. The van der Waals surface area contributed by atoms with Crippen LogP contribution < -0.4 is 5.56 Å². The molecule has 2 rings (SSSR count). The predicted molar refractivity (Wildman–Crippen MR) is 46.6 cm³/mol. The van der Waals surface area contributed by atoms with Crippen LogP contribution in [0.1, 0.15) is 5.56 Å². The number of aryl methyl sites for hydroxylation is 1. The third-order valence-electron chi connectivity index (χ3n) is 1.76. The van der Waals surface area contributed by atoms with Crippen LogP contribution in [0.15, 0.2) is 21.5 Å². The van der Waals surface area contributed by atoms with Gasteiger partial charge < -0.3 is 4.52 Å². The van der Waals surface area contributed by atoms with Crippen LogP contribution in [0.25, 0.3) is 11.0 Å². The predicted octanol–water partition coefficient (Wildman–Crippen LogP) is 2.08. The molecule has 0 bridgehead atoms. The topological polar surface area (TPSA) is 46.0 Å². The zero-order chi connectivity index (χ0) is 8.72. The van der Waals surface area contributed by atoms with E-state index in [0.29, 0.717) is 16.0 Å². The van der Waals surface area contributed by atoms with Crippen molar-refractivity contribution in [3.05, 3.63) is 33.1 Å². The third kappa shape index (κ3) is 0.940. The lowest BCUT2D eigenvalue weighted by atomic mass is 10.2. The molecule has 1 aromatic heterocycles. The smallest absolute Gasteiger partial charge is 0.287 e. The summed E-state index contributed by atoms with van der Waals surface area (Å²) in [4.78, 5) is 11.0. The number of rotatable bonds is 0. The molecule has 2 aromatic rings. The average molecular weight is 184 g/mol. The molecule has 0 unspecified atom stereocenters. The Morgan fingerprint density at radius 3 is 3.00 bits per heavy atom. The number of nitrogens with one attached hydrogen (secondary N) is 1. The summed E-state index contributed by atoms with van der Waals surface area (Å²) in [7, 11) is 0. The third-order valence-corrected chi connectivity index (χ3v) is 2.17. The largest absolute Gasteiger partial charge is 0.378 e. The van der Waals surface area contributed by atoms with E-state index in [9.17, 15) is 4.79 Å². The molecule has 0 spiro atoms. The molecule has 4 heteroatoms. The maximum atomic E-state index is 11.0. The average Bonchev–Trinajstić information content (AvgIpc) is 2.35. The molecule has 62 valence electrons. The van der Waals surface area contributed by atoms with Gasteiger partial charge >= 0.3 is 0 Å². The van der Waals surface area contributed by atoms with Crippen molar-refractivity contribution in [2.24, 2.45) is 0 Å². The van der Waals surface area contributed by atoms with Gasteiger partial charge in [-0.1, -0.05) is 11.6 Å². The molecule has 0 aliphatic carbocycles. The highest BCUT2D eigenvalue weighted by Crippen LogP contribution is 2.20. The highest BCUT2D eigenvalue weighted by Gasteiger charge is 2.05. The number of hydrogen-bond acceptors (Lipinski definition) is 2. The lowest BCUT2D eigenvalue weighted by Crippen LogP contribution is -1.96. The molecule has 0 saturated heterocycles. The quantitative estimate of drug-likeness (QED) is 0.680. The van der Waals surface area contributed by atoms with E-state index in [1.807, 2.05) is 6.92 Å². The zero-order valence-corrected chi connectivity index (χ0v) is 7.11. The maximum absolute atomic E-state index is 11.0. The Balaban J connectivity index is 2.97. The number of aromatic nitrogens is 1. The van der Waals surface area contributed by atoms with E-state index in [1.54, 1.807) is 12.1 Å². The van der Waals surface area contributed by atoms with E-state index < -0.39 is 0 Å². The molecule has 0 aliphatic rings. The van der Waals surface area contributed by atoms with Gasteiger partial charge in [0.15, 0.2) is 5.58 Å². The van der Waals surface area contributed by atoms with E-state index in [0.717, 1.165) is 5.56 Å². The summed E-state index contributed by atoms with van der Waals surface area (Å²) in [6.45, 7) is 1.84. The van der Waals surface area contributed by atoms with Gasteiger partial charge in [-0.05, 0) is 18.6 Å². The van der Waals surface area contributed by atoms with Gasteiger partial charge in [0.25, 0.3) is 5.56 Å². The summed E-state index contributed by atoms with van der Waals surface area (Å²) in [5.74, 6) is 0. The maximum Gasteiger partial charge on any atom is 0.287 e. The molecule has 1 N–H and O–H groups in total. The minimum atomic E-state index is -0.218. The van der Waals surface area contributed by atoms with Gasteiger partial charge in [-0.2, -0.15) is 5.16 Å². The molecule has 3 nitrogen and oxygen atoms in total. The van der Waals surface area contributed by atoms with Crippen LogP contribution in [-0.4, -0.2) is 5.16 Å². The van der Waals surface area contributed by atoms with Crippen LogP contribution in [0.2, 0.25) is 5.02 Å². The minimum Gasteiger partial charge on any atom is -0.378 e. The van der Waals surface area contributed by atoms with E-state index >= 15 is 0 Å². The Hall–Kier alpha value is -1.22. The molecule has 0 aliphatic heterocycles. The molecule has 1 aromatic carbocycles. The zero-order valence-electron chi connectivity index (χ0n) is 6.35. The minimum absolute atomic E-state index is 0.218. The first-order valence-electron chi connectivity index (χ1n) is 3.46. The summed E-state index contributed by atoms with van der Waals surface area (Å²) in [5.41, 5.74) is 1.15. The van der Waals surface area contributed by atoms with Gasteiger partial charge in [0.2, 0.25) is 0 Å². The van der Waals surface area contributed by atoms with Crippen molar-refractivity contribution in [2.75, 3.05) is 0 Å². The fourth-order valence-electron chi connectivity index (χ4n) is 1.08. The SMILES string of the molecule is Cc1cc2c(=O)[nH]oc2cc1Cl. The lowest BCUT2D eigenvalue weighted by molar-refractivity contribution is 0.449. The van der Waals surface area contributed by atoms with Gasteiger partial charge in [-0.3, -0.25) is 4.79 Å². The number of fused-ring (bicyclic) bond motifs is 1. The van der Waals surface area contributed by atoms with Crippen LogP contribution >= 0.6 is 11.6 Å². The number of hydrogen-bond donors (Lipinski definition) is 1. The van der Waals surface area contributed by atoms with Crippen molar-refractivity contribution in [3.8, 4) is 0 Å². The number of benzene rings is 1. The molecule has 1 heterocycles. The Kier molecular flexibility index (Phi) is 1.48. The van der Waals surface area contributed by atoms with E-state index in [4.69, 9.17) is 16.1 Å². The van der Waals surface area contributed by atoms with Crippen LogP contribution in [0.4, 0.5) is 0 Å². The normalized spacial score (nSPS) is 10.8. The molecule has 0 atom stereocenters. The highest BCUT2D eigenvalue weighted by molar-refractivity contribution is 6.32. The Labute approximate surface area is 72.9 Å². The molecular weight excluding hydrogens is 178 g/mol. The second-order valence-electron chi connectivity index (χ2n) is 2.63. The van der Waals surface area contributed by atoms with Gasteiger partial charge in [0.05, 0.1) is 5.39 Å². The lowest BCUT2D eigenvalue weighted by Gasteiger charge is -1.93. The number of H-pyrrole nitrogens is 1. The first-order valence-corrected chi connectivity index (χ1v) is 3.83. The highest BCUT2D eigenvalue weighted by atomic mass is 35.5. The van der Waals surface area contributed by atoms with Crippen LogP contribution in [0, 0.1) is 6.92 Å². The second kappa shape index (κ2) is 2.38. The van der Waals surface area contributed by atoms with Crippen LogP contribution in [0.3, 0.4) is 0 Å². The van der Waals surface area contributed by atoms with E-state index in [1.165, 1.54) is 0 Å². The van der Waals surface area contributed by atoms with Crippen molar-refractivity contribution >= 4 is 22.6 Å². The fourth-order valence-corrected chi connectivity index (χ4v) is 1.24. The van der Waals surface area contributed by atoms with E-state index in [2.05, 4.69) is 5.16 Å². The standard InChI is InChI=1S/C8H6ClNO2/c1-4-2-5-7(3-6(4)9)12-10-8(5)11/h2-3H,1H3,(H,10,11). The number of aromatic amines is 1. The molecule has 0 radical (unpaired) electrons. The summed E-state index contributed by atoms with van der Waals surface area (Å²) in [6, 6.07) is 3.34. The van der Waals surface area contributed by atoms with Crippen LogP contribution in [-0.2, 0) is 0 Å².